The summed E-state index contributed by atoms with van der Waals surface area (Å²) in [4.78, 5) is 24.6. The van der Waals surface area contributed by atoms with Gasteiger partial charge in [-0.3, -0.25) is 4.79 Å². The van der Waals surface area contributed by atoms with Crippen LogP contribution in [0.25, 0.3) is 0 Å². The minimum absolute atomic E-state index is 0.243. The van der Waals surface area contributed by atoms with Crippen LogP contribution in [0.5, 0.6) is 0 Å². The zero-order valence-corrected chi connectivity index (χ0v) is 12.7. The van der Waals surface area contributed by atoms with E-state index in [-0.39, 0.29) is 12.0 Å². The first-order chi connectivity index (χ1) is 10.6. The van der Waals surface area contributed by atoms with Crippen molar-refractivity contribution in [1.29, 1.82) is 0 Å². The van der Waals surface area contributed by atoms with Crippen LogP contribution in [0.1, 0.15) is 35.8 Å². The molecule has 0 spiro atoms. The van der Waals surface area contributed by atoms with Crippen molar-refractivity contribution in [1.82, 2.24) is 5.32 Å². The van der Waals surface area contributed by atoms with E-state index in [1.54, 1.807) is 50.2 Å². The second kappa shape index (κ2) is 7.41. The summed E-state index contributed by atoms with van der Waals surface area (Å²) in [6.07, 6.45) is -0.243. The highest BCUT2D eigenvalue weighted by molar-refractivity contribution is 5.97. The Kier molecular flexibility index (Phi) is 5.31. The van der Waals surface area contributed by atoms with Crippen LogP contribution < -0.4 is 5.32 Å². The molecule has 1 atom stereocenters. The van der Waals surface area contributed by atoms with Crippen molar-refractivity contribution >= 4 is 11.9 Å². The highest BCUT2D eigenvalue weighted by Gasteiger charge is 2.25. The SMILES string of the molecule is CC(C)OC(=O)[C@@H](NC(=O)c1ccccc1)c1ccccc1. The lowest BCUT2D eigenvalue weighted by Crippen LogP contribution is -2.35. The van der Waals surface area contributed by atoms with Crippen molar-refractivity contribution in [2.24, 2.45) is 0 Å². The molecule has 22 heavy (non-hydrogen) atoms. The number of hydrogen-bond acceptors (Lipinski definition) is 3. The van der Waals surface area contributed by atoms with Gasteiger partial charge in [0.05, 0.1) is 6.10 Å². The lowest BCUT2D eigenvalue weighted by molar-refractivity contribution is -0.149. The molecule has 1 N–H and O–H groups in total. The van der Waals surface area contributed by atoms with E-state index in [1.165, 1.54) is 0 Å². The third-order valence-electron chi connectivity index (χ3n) is 3.03. The van der Waals surface area contributed by atoms with Crippen LogP contribution in [0, 0.1) is 0 Å². The highest BCUT2D eigenvalue weighted by Crippen LogP contribution is 2.16. The summed E-state index contributed by atoms with van der Waals surface area (Å²) in [6, 6.07) is 17.0. The van der Waals surface area contributed by atoms with Crippen LogP contribution >= 0.6 is 0 Å². The zero-order valence-electron chi connectivity index (χ0n) is 12.7. The molecule has 0 aromatic heterocycles. The van der Waals surface area contributed by atoms with Crippen LogP contribution in [0.15, 0.2) is 60.7 Å². The maximum Gasteiger partial charge on any atom is 0.333 e. The average molecular weight is 297 g/mol. The third kappa shape index (κ3) is 4.19. The summed E-state index contributed by atoms with van der Waals surface area (Å²) in [5, 5.41) is 2.74. The molecule has 0 aliphatic carbocycles. The van der Waals surface area contributed by atoms with E-state index in [2.05, 4.69) is 5.32 Å². The molecular formula is C18H19NO3. The van der Waals surface area contributed by atoms with Crippen LogP contribution in [-0.2, 0) is 9.53 Å². The van der Waals surface area contributed by atoms with Crippen molar-refractivity contribution in [2.75, 3.05) is 0 Å². The van der Waals surface area contributed by atoms with E-state index in [0.717, 1.165) is 0 Å². The molecule has 0 aliphatic heterocycles. The number of rotatable bonds is 5. The fraction of sp³-hybridized carbons (Fsp3) is 0.222. The van der Waals surface area contributed by atoms with E-state index in [0.29, 0.717) is 11.1 Å². The van der Waals surface area contributed by atoms with E-state index in [9.17, 15) is 9.59 Å². The molecule has 4 nitrogen and oxygen atoms in total. The largest absolute Gasteiger partial charge is 0.461 e. The van der Waals surface area contributed by atoms with E-state index >= 15 is 0 Å². The van der Waals surface area contributed by atoms with Crippen molar-refractivity contribution in [3.63, 3.8) is 0 Å². The van der Waals surface area contributed by atoms with Gasteiger partial charge in [-0.25, -0.2) is 4.79 Å². The molecular weight excluding hydrogens is 278 g/mol. The normalized spacial score (nSPS) is 11.8. The summed E-state index contributed by atoms with van der Waals surface area (Å²) < 4.78 is 5.25. The van der Waals surface area contributed by atoms with Gasteiger partial charge >= 0.3 is 5.97 Å². The summed E-state index contributed by atoms with van der Waals surface area (Å²) in [7, 11) is 0. The van der Waals surface area contributed by atoms with Gasteiger partial charge in [0.1, 0.15) is 0 Å². The maximum absolute atomic E-state index is 12.3. The monoisotopic (exact) mass is 297 g/mol. The fourth-order valence-electron chi connectivity index (χ4n) is 2.03. The number of esters is 1. The highest BCUT2D eigenvalue weighted by atomic mass is 16.5. The number of benzene rings is 2. The van der Waals surface area contributed by atoms with Crippen molar-refractivity contribution in [2.45, 2.75) is 26.0 Å². The van der Waals surface area contributed by atoms with Crippen LogP contribution in [0.3, 0.4) is 0 Å². The topological polar surface area (TPSA) is 55.4 Å². The molecule has 0 fully saturated rings. The predicted molar refractivity (Wildman–Crippen MR) is 84.3 cm³/mol. The Morgan fingerprint density at radius 2 is 1.45 bits per heavy atom. The van der Waals surface area contributed by atoms with Crippen LogP contribution in [0.4, 0.5) is 0 Å². The molecule has 0 bridgehead atoms. The Bertz CT molecular complexity index is 623. The smallest absolute Gasteiger partial charge is 0.333 e. The number of carbonyl (C=O) groups is 2. The summed E-state index contributed by atoms with van der Waals surface area (Å²) in [5.41, 5.74) is 1.19. The molecule has 0 aliphatic rings. The number of carbonyl (C=O) groups excluding carboxylic acids is 2. The van der Waals surface area contributed by atoms with E-state index < -0.39 is 12.0 Å². The lowest BCUT2D eigenvalue weighted by Gasteiger charge is -2.19. The minimum Gasteiger partial charge on any atom is -0.461 e. The molecule has 2 rings (SSSR count). The lowest BCUT2D eigenvalue weighted by atomic mass is 10.1. The summed E-state index contributed by atoms with van der Waals surface area (Å²) >= 11 is 0. The van der Waals surface area contributed by atoms with Gasteiger partial charge in [0.2, 0.25) is 0 Å². The quantitative estimate of drug-likeness (QED) is 0.863. The Morgan fingerprint density at radius 1 is 0.909 bits per heavy atom. The number of amides is 1. The Labute approximate surface area is 130 Å². The van der Waals surface area contributed by atoms with Gasteiger partial charge in [-0.1, -0.05) is 48.5 Å². The average Bonchev–Trinajstić information content (AvgIpc) is 2.53. The molecule has 0 saturated carbocycles. The van der Waals surface area contributed by atoms with Gasteiger partial charge < -0.3 is 10.1 Å². The molecule has 0 unspecified atom stereocenters. The molecule has 2 aromatic rings. The standard InChI is InChI=1S/C18H19NO3/c1-13(2)22-18(21)16(14-9-5-3-6-10-14)19-17(20)15-11-7-4-8-12-15/h3-13,16H,1-2H3,(H,19,20)/t16-/m0/s1. The third-order valence-corrected chi connectivity index (χ3v) is 3.03. The van der Waals surface area contributed by atoms with Crippen molar-refractivity contribution in [3.8, 4) is 0 Å². The predicted octanol–water partition coefficient (Wildman–Crippen LogP) is 3.11. The first-order valence-electron chi connectivity index (χ1n) is 7.19. The Hall–Kier alpha value is -2.62. The van der Waals surface area contributed by atoms with Gasteiger partial charge in [-0.15, -0.1) is 0 Å². The molecule has 0 heterocycles. The fourth-order valence-corrected chi connectivity index (χ4v) is 2.03. The first-order valence-corrected chi connectivity index (χ1v) is 7.19. The molecule has 0 radical (unpaired) electrons. The van der Waals surface area contributed by atoms with Gasteiger partial charge in [-0.05, 0) is 31.5 Å². The van der Waals surface area contributed by atoms with Gasteiger partial charge in [0.15, 0.2) is 6.04 Å². The Balaban J connectivity index is 2.21. The van der Waals surface area contributed by atoms with Gasteiger partial charge in [-0.2, -0.15) is 0 Å². The second-order valence-corrected chi connectivity index (χ2v) is 5.17. The maximum atomic E-state index is 12.3. The summed E-state index contributed by atoms with van der Waals surface area (Å²) in [6.45, 7) is 3.55. The molecule has 0 saturated heterocycles. The van der Waals surface area contributed by atoms with Crippen LogP contribution in [0.2, 0.25) is 0 Å². The van der Waals surface area contributed by atoms with Crippen molar-refractivity contribution in [3.05, 3.63) is 71.8 Å². The molecule has 4 heteroatoms. The number of ether oxygens (including phenoxy) is 1. The Morgan fingerprint density at radius 3 is 2.00 bits per heavy atom. The molecule has 114 valence electrons. The minimum atomic E-state index is -0.823. The second-order valence-electron chi connectivity index (χ2n) is 5.17. The number of nitrogens with one attached hydrogen (secondary N) is 1. The molecule has 2 aromatic carbocycles. The summed E-state index contributed by atoms with van der Waals surface area (Å²) in [5.74, 6) is -0.777. The van der Waals surface area contributed by atoms with Gasteiger partial charge in [0, 0.05) is 5.56 Å². The van der Waals surface area contributed by atoms with Gasteiger partial charge in [0.25, 0.3) is 5.91 Å². The zero-order chi connectivity index (χ0) is 15.9. The molecule has 1 amide bonds. The number of hydrogen-bond donors (Lipinski definition) is 1. The van der Waals surface area contributed by atoms with E-state index in [1.807, 2.05) is 24.3 Å². The van der Waals surface area contributed by atoms with E-state index in [4.69, 9.17) is 4.74 Å². The van der Waals surface area contributed by atoms with Crippen LogP contribution in [-0.4, -0.2) is 18.0 Å². The van der Waals surface area contributed by atoms with Crippen molar-refractivity contribution < 1.29 is 14.3 Å². The first kappa shape index (κ1) is 15.8.